The van der Waals surface area contributed by atoms with E-state index >= 15 is 0 Å². The number of hydrogen-bond acceptors (Lipinski definition) is 5. The first-order valence-corrected chi connectivity index (χ1v) is 5.85. The molecular formula is C13H13N5O. The zero-order valence-electron chi connectivity index (χ0n) is 10.7. The molecule has 96 valence electrons. The fraction of sp³-hybridized carbons (Fsp3) is 0.154. The Balaban J connectivity index is 1.96. The Hall–Kier alpha value is -2.63. The van der Waals surface area contributed by atoms with Crippen molar-refractivity contribution < 1.29 is 4.74 Å². The topological polar surface area (TPSA) is 78.3 Å². The third-order valence-corrected chi connectivity index (χ3v) is 2.86. The Kier molecular flexibility index (Phi) is 2.56. The number of benzene rings is 1. The van der Waals surface area contributed by atoms with E-state index in [1.54, 1.807) is 22.9 Å². The van der Waals surface area contributed by atoms with Crippen molar-refractivity contribution in [3.05, 3.63) is 42.0 Å². The monoisotopic (exact) mass is 255 g/mol. The number of hydrogen-bond donors (Lipinski definition) is 1. The van der Waals surface area contributed by atoms with Gasteiger partial charge in [0.25, 0.3) is 0 Å². The number of aromatic nitrogens is 4. The largest absolute Gasteiger partial charge is 0.439 e. The van der Waals surface area contributed by atoms with E-state index in [4.69, 9.17) is 10.5 Å². The predicted molar refractivity (Wildman–Crippen MR) is 71.2 cm³/mol. The minimum Gasteiger partial charge on any atom is -0.439 e. The Morgan fingerprint density at radius 2 is 2.00 bits per heavy atom. The van der Waals surface area contributed by atoms with Crippen LogP contribution in [0.15, 0.2) is 30.6 Å². The first-order valence-electron chi connectivity index (χ1n) is 5.85. The van der Waals surface area contributed by atoms with Gasteiger partial charge < -0.3 is 10.5 Å². The van der Waals surface area contributed by atoms with Crippen LogP contribution in [0.1, 0.15) is 11.4 Å². The first-order chi connectivity index (χ1) is 9.13. The summed E-state index contributed by atoms with van der Waals surface area (Å²) in [6.07, 6.45) is 1.65. The standard InChI is InChI=1S/C13H13N5O/c1-8-5-10(14)3-4-11(8)19-13-6-12-17-16-9(2)18(12)7-15-13/h3-7H,14H2,1-2H3. The SMILES string of the molecule is Cc1cc(N)ccc1Oc1cc2nnc(C)n2cn1. The summed E-state index contributed by atoms with van der Waals surface area (Å²) in [7, 11) is 0. The van der Waals surface area contributed by atoms with E-state index in [9.17, 15) is 0 Å². The van der Waals surface area contributed by atoms with Crippen molar-refractivity contribution in [1.82, 2.24) is 19.6 Å². The van der Waals surface area contributed by atoms with Crippen molar-refractivity contribution in [2.45, 2.75) is 13.8 Å². The second-order valence-corrected chi connectivity index (χ2v) is 4.33. The molecule has 0 fully saturated rings. The van der Waals surface area contributed by atoms with E-state index < -0.39 is 0 Å². The van der Waals surface area contributed by atoms with Gasteiger partial charge in [-0.15, -0.1) is 10.2 Å². The third kappa shape index (κ3) is 2.08. The number of nitrogens with zero attached hydrogens (tertiary/aromatic N) is 4. The smallest absolute Gasteiger partial charge is 0.224 e. The van der Waals surface area contributed by atoms with Crippen LogP contribution in [-0.4, -0.2) is 19.6 Å². The number of fused-ring (bicyclic) bond motifs is 1. The van der Waals surface area contributed by atoms with E-state index in [0.29, 0.717) is 17.2 Å². The number of rotatable bonds is 2. The molecule has 0 aliphatic rings. The summed E-state index contributed by atoms with van der Waals surface area (Å²) in [5.41, 5.74) is 8.08. The molecule has 1 aromatic carbocycles. The molecule has 0 amide bonds. The highest BCUT2D eigenvalue weighted by molar-refractivity contribution is 5.49. The quantitative estimate of drug-likeness (QED) is 0.709. The predicted octanol–water partition coefficient (Wildman–Crippen LogP) is 2.12. The lowest BCUT2D eigenvalue weighted by Crippen LogP contribution is -1.95. The summed E-state index contributed by atoms with van der Waals surface area (Å²) in [4.78, 5) is 4.23. The lowest BCUT2D eigenvalue weighted by atomic mass is 10.2. The van der Waals surface area contributed by atoms with Gasteiger partial charge in [-0.1, -0.05) is 0 Å². The van der Waals surface area contributed by atoms with Crippen LogP contribution < -0.4 is 10.5 Å². The van der Waals surface area contributed by atoms with Crippen molar-refractivity contribution >= 4 is 11.3 Å². The van der Waals surface area contributed by atoms with Gasteiger partial charge in [-0.3, -0.25) is 4.40 Å². The summed E-state index contributed by atoms with van der Waals surface area (Å²) < 4.78 is 7.53. The van der Waals surface area contributed by atoms with Crippen molar-refractivity contribution in [1.29, 1.82) is 0 Å². The number of aryl methyl sites for hydroxylation is 2. The van der Waals surface area contributed by atoms with Crippen LogP contribution in [0.2, 0.25) is 0 Å². The molecule has 0 bridgehead atoms. The van der Waals surface area contributed by atoms with Crippen LogP contribution in [0, 0.1) is 13.8 Å². The van der Waals surface area contributed by atoms with Crippen molar-refractivity contribution in [2.75, 3.05) is 5.73 Å². The lowest BCUT2D eigenvalue weighted by molar-refractivity contribution is 0.458. The van der Waals surface area contributed by atoms with Crippen molar-refractivity contribution in [3.63, 3.8) is 0 Å². The van der Waals surface area contributed by atoms with Gasteiger partial charge in [-0.05, 0) is 37.6 Å². The molecule has 2 N–H and O–H groups in total. The average Bonchev–Trinajstić information content (AvgIpc) is 2.74. The molecule has 0 saturated heterocycles. The number of nitrogens with two attached hydrogens (primary N) is 1. The van der Waals surface area contributed by atoms with Gasteiger partial charge in [-0.25, -0.2) is 4.98 Å². The summed E-state index contributed by atoms with van der Waals surface area (Å²) >= 11 is 0. The van der Waals surface area contributed by atoms with Crippen LogP contribution in [0.5, 0.6) is 11.6 Å². The van der Waals surface area contributed by atoms with Gasteiger partial charge in [0.1, 0.15) is 17.9 Å². The van der Waals surface area contributed by atoms with Gasteiger partial charge in [-0.2, -0.15) is 0 Å². The molecule has 0 atom stereocenters. The second kappa shape index (κ2) is 4.24. The van der Waals surface area contributed by atoms with E-state index in [2.05, 4.69) is 15.2 Å². The van der Waals surface area contributed by atoms with Crippen molar-refractivity contribution in [2.24, 2.45) is 0 Å². The van der Waals surface area contributed by atoms with E-state index in [1.165, 1.54) is 0 Å². The molecule has 0 spiro atoms. The highest BCUT2D eigenvalue weighted by Crippen LogP contribution is 2.25. The molecule has 3 rings (SSSR count). The van der Waals surface area contributed by atoms with Gasteiger partial charge in [0.2, 0.25) is 5.88 Å². The molecule has 0 aliphatic carbocycles. The molecule has 0 aliphatic heterocycles. The van der Waals surface area contributed by atoms with Gasteiger partial charge in [0.05, 0.1) is 0 Å². The van der Waals surface area contributed by atoms with E-state index in [-0.39, 0.29) is 0 Å². The molecule has 19 heavy (non-hydrogen) atoms. The van der Waals surface area contributed by atoms with Crippen LogP contribution in [-0.2, 0) is 0 Å². The molecule has 6 nitrogen and oxygen atoms in total. The third-order valence-electron chi connectivity index (χ3n) is 2.86. The van der Waals surface area contributed by atoms with Crippen molar-refractivity contribution in [3.8, 4) is 11.6 Å². The molecule has 3 aromatic rings. The maximum atomic E-state index is 5.73. The van der Waals surface area contributed by atoms with Gasteiger partial charge >= 0.3 is 0 Å². The minimum absolute atomic E-state index is 0.479. The van der Waals surface area contributed by atoms with Crippen LogP contribution in [0.3, 0.4) is 0 Å². The molecular weight excluding hydrogens is 242 g/mol. The molecule has 2 aromatic heterocycles. The van der Waals surface area contributed by atoms with Crippen LogP contribution in [0.25, 0.3) is 5.65 Å². The number of ether oxygens (including phenoxy) is 1. The Morgan fingerprint density at radius 3 is 2.79 bits per heavy atom. The second-order valence-electron chi connectivity index (χ2n) is 4.33. The van der Waals surface area contributed by atoms with E-state index in [1.807, 2.05) is 26.0 Å². The molecule has 2 heterocycles. The van der Waals surface area contributed by atoms with Gasteiger partial charge in [0, 0.05) is 11.8 Å². The fourth-order valence-corrected chi connectivity index (χ4v) is 1.84. The van der Waals surface area contributed by atoms with Gasteiger partial charge in [0.15, 0.2) is 5.65 Å². The summed E-state index contributed by atoms with van der Waals surface area (Å²) in [6.45, 7) is 3.80. The molecule has 0 radical (unpaired) electrons. The Labute approximate surface area is 109 Å². The van der Waals surface area contributed by atoms with Crippen LogP contribution in [0.4, 0.5) is 5.69 Å². The molecule has 6 heteroatoms. The summed E-state index contributed by atoms with van der Waals surface area (Å²) in [5, 5.41) is 8.00. The summed E-state index contributed by atoms with van der Waals surface area (Å²) in [5.74, 6) is 1.99. The zero-order chi connectivity index (χ0) is 13.4. The Morgan fingerprint density at radius 1 is 1.16 bits per heavy atom. The highest BCUT2D eigenvalue weighted by atomic mass is 16.5. The zero-order valence-corrected chi connectivity index (χ0v) is 10.7. The maximum absolute atomic E-state index is 5.73. The summed E-state index contributed by atoms with van der Waals surface area (Å²) in [6, 6.07) is 7.22. The molecule has 0 unspecified atom stereocenters. The lowest BCUT2D eigenvalue weighted by Gasteiger charge is -2.08. The van der Waals surface area contributed by atoms with E-state index in [0.717, 1.165) is 17.1 Å². The molecule has 0 saturated carbocycles. The highest BCUT2D eigenvalue weighted by Gasteiger charge is 2.06. The maximum Gasteiger partial charge on any atom is 0.224 e. The Bertz CT molecular complexity index is 750. The average molecular weight is 255 g/mol. The number of nitrogen functional groups attached to an aromatic ring is 1. The first kappa shape index (κ1) is 11.5. The fourth-order valence-electron chi connectivity index (χ4n) is 1.84. The van der Waals surface area contributed by atoms with Crippen LogP contribution >= 0.6 is 0 Å². The minimum atomic E-state index is 0.479. The number of anilines is 1. The normalized spacial score (nSPS) is 10.8.